The molecule has 0 unspecified atom stereocenters. The van der Waals surface area contributed by atoms with Gasteiger partial charge in [-0.1, -0.05) is 6.42 Å². The van der Waals surface area contributed by atoms with E-state index in [9.17, 15) is 14.7 Å². The predicted molar refractivity (Wildman–Crippen MR) is 76.5 cm³/mol. The predicted octanol–water partition coefficient (Wildman–Crippen LogP) is 2.19. The van der Waals surface area contributed by atoms with E-state index in [0.29, 0.717) is 30.0 Å². The first-order valence-electron chi connectivity index (χ1n) is 8.07. The van der Waals surface area contributed by atoms with Crippen LogP contribution in [0.1, 0.15) is 60.2 Å². The average Bonchev–Trinajstić information content (AvgIpc) is 2.92. The summed E-state index contributed by atoms with van der Waals surface area (Å²) >= 11 is 0. The lowest BCUT2D eigenvalue weighted by atomic mass is 9.94. The molecule has 0 radical (unpaired) electrons. The third-order valence-electron chi connectivity index (χ3n) is 5.34. The fourth-order valence-corrected chi connectivity index (χ4v) is 4.08. The Morgan fingerprint density at radius 1 is 1.27 bits per heavy atom. The number of aromatic nitrogens is 1. The minimum atomic E-state index is -0.901. The molecule has 2 aliphatic carbocycles. The Kier molecular flexibility index (Phi) is 3.03. The topological polar surface area (TPSA) is 83.6 Å². The first-order chi connectivity index (χ1) is 10.6. The number of carboxylic acid groups (broad SMARTS) is 1. The monoisotopic (exact) mass is 304 g/mol. The van der Waals surface area contributed by atoms with E-state index in [1.807, 2.05) is 0 Å². The summed E-state index contributed by atoms with van der Waals surface area (Å²) < 4.78 is 5.67. The molecule has 1 saturated heterocycles. The second-order valence-electron chi connectivity index (χ2n) is 6.84. The Bertz CT molecular complexity index is 634. The number of carboxylic acids is 1. The van der Waals surface area contributed by atoms with Gasteiger partial charge in [0.15, 0.2) is 5.89 Å². The molecule has 22 heavy (non-hydrogen) atoms. The van der Waals surface area contributed by atoms with Crippen molar-refractivity contribution < 1.29 is 19.1 Å². The van der Waals surface area contributed by atoms with Crippen molar-refractivity contribution in [2.24, 2.45) is 11.8 Å². The van der Waals surface area contributed by atoms with Gasteiger partial charge in [0, 0.05) is 12.5 Å². The maximum absolute atomic E-state index is 12.8. The fourth-order valence-electron chi connectivity index (χ4n) is 4.08. The van der Waals surface area contributed by atoms with Crippen LogP contribution in [0.4, 0.5) is 0 Å². The summed E-state index contributed by atoms with van der Waals surface area (Å²) in [5.41, 5.74) is 0.577. The SMILES string of the molecule is Cc1nc(C2CC2)oc1C(=O)N1C[C@@H]2CCC[C@H]2[C@@H]1C(=O)O. The summed E-state index contributed by atoms with van der Waals surface area (Å²) in [6.07, 6.45) is 5.09. The van der Waals surface area contributed by atoms with Crippen molar-refractivity contribution in [1.82, 2.24) is 9.88 Å². The number of aliphatic carboxylic acids is 1. The van der Waals surface area contributed by atoms with Crippen LogP contribution >= 0.6 is 0 Å². The lowest BCUT2D eigenvalue weighted by Gasteiger charge is -2.23. The van der Waals surface area contributed by atoms with E-state index in [1.54, 1.807) is 6.92 Å². The Morgan fingerprint density at radius 2 is 2.05 bits per heavy atom. The number of fused-ring (bicyclic) bond motifs is 1. The lowest BCUT2D eigenvalue weighted by Crippen LogP contribution is -2.43. The van der Waals surface area contributed by atoms with Gasteiger partial charge in [0.2, 0.25) is 5.76 Å². The maximum Gasteiger partial charge on any atom is 0.326 e. The Balaban J connectivity index is 1.62. The highest BCUT2D eigenvalue weighted by atomic mass is 16.4. The highest BCUT2D eigenvalue weighted by Gasteiger charge is 2.50. The molecule has 6 heteroatoms. The van der Waals surface area contributed by atoms with Gasteiger partial charge in [-0.3, -0.25) is 4.79 Å². The van der Waals surface area contributed by atoms with Crippen LogP contribution in [0.5, 0.6) is 0 Å². The zero-order valence-electron chi connectivity index (χ0n) is 12.6. The third kappa shape index (κ3) is 2.04. The van der Waals surface area contributed by atoms with Gasteiger partial charge >= 0.3 is 5.97 Å². The van der Waals surface area contributed by atoms with Gasteiger partial charge < -0.3 is 14.4 Å². The minimum Gasteiger partial charge on any atom is -0.480 e. The number of amides is 1. The Labute approximate surface area is 128 Å². The van der Waals surface area contributed by atoms with Gasteiger partial charge in [-0.2, -0.15) is 0 Å². The fraction of sp³-hybridized carbons (Fsp3) is 0.688. The van der Waals surface area contributed by atoms with Crippen LogP contribution in [0, 0.1) is 18.8 Å². The number of carbonyl (C=O) groups is 2. The van der Waals surface area contributed by atoms with Gasteiger partial charge in [0.05, 0.1) is 5.69 Å². The molecule has 0 bridgehead atoms. The molecule has 1 amide bonds. The molecule has 2 heterocycles. The molecule has 0 aromatic carbocycles. The molecule has 1 aromatic heterocycles. The standard InChI is InChI=1S/C16H20N2O4/c1-8-13(22-14(17-8)9-5-6-9)15(19)18-7-10-3-2-4-11(10)12(18)16(20)21/h9-12H,2-7H2,1H3,(H,20,21)/t10-,11+,12+/m0/s1. The number of aryl methyl sites for hydroxylation is 1. The number of nitrogens with zero attached hydrogens (tertiary/aromatic N) is 2. The first-order valence-corrected chi connectivity index (χ1v) is 8.07. The highest BCUT2D eigenvalue weighted by Crippen LogP contribution is 2.44. The van der Waals surface area contributed by atoms with Crippen molar-refractivity contribution in [3.63, 3.8) is 0 Å². The number of rotatable bonds is 3. The number of carbonyl (C=O) groups excluding carboxylic acids is 1. The van der Waals surface area contributed by atoms with Crippen LogP contribution < -0.4 is 0 Å². The van der Waals surface area contributed by atoms with E-state index in [-0.39, 0.29) is 17.6 Å². The molecular formula is C16H20N2O4. The molecule has 2 saturated carbocycles. The molecule has 3 atom stereocenters. The summed E-state index contributed by atoms with van der Waals surface area (Å²) in [6, 6.07) is -0.714. The summed E-state index contributed by atoms with van der Waals surface area (Å²) in [4.78, 5) is 30.3. The summed E-state index contributed by atoms with van der Waals surface area (Å²) in [6.45, 7) is 2.29. The lowest BCUT2D eigenvalue weighted by molar-refractivity contribution is -0.142. The van der Waals surface area contributed by atoms with E-state index in [1.165, 1.54) is 4.90 Å². The summed E-state index contributed by atoms with van der Waals surface area (Å²) in [5.74, 6) is 0.401. The number of oxazole rings is 1. The zero-order valence-corrected chi connectivity index (χ0v) is 12.6. The van der Waals surface area contributed by atoms with E-state index < -0.39 is 12.0 Å². The van der Waals surface area contributed by atoms with Crippen molar-refractivity contribution in [2.75, 3.05) is 6.54 Å². The number of hydrogen-bond acceptors (Lipinski definition) is 4. The Hall–Kier alpha value is -1.85. The molecule has 118 valence electrons. The molecule has 3 fully saturated rings. The molecular weight excluding hydrogens is 284 g/mol. The normalized spacial score (nSPS) is 30.6. The largest absolute Gasteiger partial charge is 0.480 e. The van der Waals surface area contributed by atoms with E-state index in [2.05, 4.69) is 4.98 Å². The number of likely N-dealkylation sites (tertiary alicyclic amines) is 1. The van der Waals surface area contributed by atoms with Crippen molar-refractivity contribution >= 4 is 11.9 Å². The third-order valence-corrected chi connectivity index (χ3v) is 5.34. The first kappa shape index (κ1) is 13.8. The average molecular weight is 304 g/mol. The van der Waals surface area contributed by atoms with E-state index in [4.69, 9.17) is 4.42 Å². The quantitative estimate of drug-likeness (QED) is 0.925. The van der Waals surface area contributed by atoms with Crippen molar-refractivity contribution in [3.05, 3.63) is 17.3 Å². The molecule has 1 aromatic rings. The van der Waals surface area contributed by atoms with Crippen LogP contribution in [0.2, 0.25) is 0 Å². The minimum absolute atomic E-state index is 0.0904. The molecule has 6 nitrogen and oxygen atoms in total. The molecule has 0 spiro atoms. The van der Waals surface area contributed by atoms with Gasteiger partial charge in [-0.25, -0.2) is 9.78 Å². The van der Waals surface area contributed by atoms with Gasteiger partial charge in [0.25, 0.3) is 5.91 Å². The highest BCUT2D eigenvalue weighted by molar-refractivity contribution is 5.95. The van der Waals surface area contributed by atoms with Crippen LogP contribution in [0.3, 0.4) is 0 Å². The molecule has 3 aliphatic rings. The van der Waals surface area contributed by atoms with Crippen LogP contribution in [-0.2, 0) is 4.79 Å². The Morgan fingerprint density at radius 3 is 2.73 bits per heavy atom. The van der Waals surface area contributed by atoms with Gasteiger partial charge in [0.1, 0.15) is 6.04 Å². The van der Waals surface area contributed by atoms with Crippen LogP contribution in [-0.4, -0.2) is 39.5 Å². The zero-order chi connectivity index (χ0) is 15.4. The van der Waals surface area contributed by atoms with Crippen molar-refractivity contribution in [1.29, 1.82) is 0 Å². The van der Waals surface area contributed by atoms with Crippen LogP contribution in [0.25, 0.3) is 0 Å². The molecule has 1 aliphatic heterocycles. The summed E-state index contributed by atoms with van der Waals surface area (Å²) in [7, 11) is 0. The summed E-state index contributed by atoms with van der Waals surface area (Å²) in [5, 5.41) is 9.56. The molecule has 4 rings (SSSR count). The van der Waals surface area contributed by atoms with Gasteiger partial charge in [-0.15, -0.1) is 0 Å². The maximum atomic E-state index is 12.8. The number of hydrogen-bond donors (Lipinski definition) is 1. The molecule has 1 N–H and O–H groups in total. The van der Waals surface area contributed by atoms with Crippen LogP contribution in [0.15, 0.2) is 4.42 Å². The van der Waals surface area contributed by atoms with Gasteiger partial charge in [-0.05, 0) is 44.4 Å². The van der Waals surface area contributed by atoms with E-state index in [0.717, 1.165) is 32.1 Å². The smallest absolute Gasteiger partial charge is 0.326 e. The van der Waals surface area contributed by atoms with E-state index >= 15 is 0 Å². The second-order valence-corrected chi connectivity index (χ2v) is 6.84. The van der Waals surface area contributed by atoms with Crippen molar-refractivity contribution in [3.8, 4) is 0 Å². The second kappa shape index (κ2) is 4.83. The van der Waals surface area contributed by atoms with Crippen molar-refractivity contribution in [2.45, 2.75) is 51.0 Å².